The summed E-state index contributed by atoms with van der Waals surface area (Å²) >= 11 is 0. The summed E-state index contributed by atoms with van der Waals surface area (Å²) in [7, 11) is 0. The summed E-state index contributed by atoms with van der Waals surface area (Å²) in [5.41, 5.74) is 7.61. The molecule has 1 N–H and O–H groups in total. The van der Waals surface area contributed by atoms with Crippen molar-refractivity contribution in [2.75, 3.05) is 0 Å². The van der Waals surface area contributed by atoms with Crippen molar-refractivity contribution in [3.63, 3.8) is 0 Å². The average molecular weight is 337 g/mol. The molecule has 3 aromatic rings. The van der Waals surface area contributed by atoms with E-state index in [1.54, 1.807) is 0 Å². The summed E-state index contributed by atoms with van der Waals surface area (Å²) in [6.45, 7) is 7.37. The van der Waals surface area contributed by atoms with Crippen molar-refractivity contribution in [2.45, 2.75) is 65.6 Å². The van der Waals surface area contributed by atoms with Crippen molar-refractivity contribution in [2.24, 2.45) is 0 Å². The van der Waals surface area contributed by atoms with E-state index in [2.05, 4.69) is 40.9 Å². The lowest BCUT2D eigenvalue weighted by molar-refractivity contribution is 0.129. The highest BCUT2D eigenvalue weighted by Crippen LogP contribution is 2.33. The van der Waals surface area contributed by atoms with Crippen LogP contribution < -0.4 is 0 Å². The SMILES string of the molecule is Cc1ccc2c(c1)c1c(n2C[C@@H](O)Cn2nc(C)cc2C)CCCC1. The predicted octanol–water partition coefficient (Wildman–Crippen LogP) is 3.70. The summed E-state index contributed by atoms with van der Waals surface area (Å²) in [6, 6.07) is 8.77. The van der Waals surface area contributed by atoms with Gasteiger partial charge in [0, 0.05) is 22.3 Å². The molecule has 25 heavy (non-hydrogen) atoms. The van der Waals surface area contributed by atoms with Crippen LogP contribution in [0.2, 0.25) is 0 Å². The number of rotatable bonds is 4. The first-order chi connectivity index (χ1) is 12.0. The molecule has 0 fully saturated rings. The zero-order valence-corrected chi connectivity index (χ0v) is 15.4. The highest BCUT2D eigenvalue weighted by atomic mass is 16.3. The third kappa shape index (κ3) is 2.99. The molecule has 0 saturated heterocycles. The van der Waals surface area contributed by atoms with Gasteiger partial charge in [-0.3, -0.25) is 4.68 Å². The van der Waals surface area contributed by atoms with Crippen LogP contribution in [0.1, 0.15) is 41.1 Å². The average Bonchev–Trinajstić information content (AvgIpc) is 3.05. The number of hydrogen-bond acceptors (Lipinski definition) is 2. The second-order valence-electron chi connectivity index (χ2n) is 7.53. The number of aryl methyl sites for hydroxylation is 4. The molecule has 2 aromatic heterocycles. The molecule has 1 aliphatic rings. The van der Waals surface area contributed by atoms with E-state index in [1.807, 2.05) is 18.5 Å². The van der Waals surface area contributed by atoms with Gasteiger partial charge in [0.1, 0.15) is 0 Å². The Hall–Kier alpha value is -2.07. The van der Waals surface area contributed by atoms with E-state index in [0.29, 0.717) is 13.1 Å². The number of benzene rings is 1. The highest BCUT2D eigenvalue weighted by molar-refractivity contribution is 5.86. The lowest BCUT2D eigenvalue weighted by atomic mass is 9.95. The largest absolute Gasteiger partial charge is 0.389 e. The van der Waals surface area contributed by atoms with E-state index in [9.17, 15) is 5.11 Å². The fourth-order valence-corrected chi connectivity index (χ4v) is 4.29. The summed E-state index contributed by atoms with van der Waals surface area (Å²) in [5.74, 6) is 0. The predicted molar refractivity (Wildman–Crippen MR) is 101 cm³/mol. The Kier molecular flexibility index (Phi) is 4.16. The molecule has 0 unspecified atom stereocenters. The van der Waals surface area contributed by atoms with Gasteiger partial charge in [0.05, 0.1) is 24.9 Å². The number of aliphatic hydroxyl groups is 1. The molecule has 0 amide bonds. The molecule has 1 aromatic carbocycles. The van der Waals surface area contributed by atoms with Crippen LogP contribution in [0.25, 0.3) is 10.9 Å². The van der Waals surface area contributed by atoms with Gasteiger partial charge < -0.3 is 9.67 Å². The van der Waals surface area contributed by atoms with Crippen molar-refractivity contribution < 1.29 is 5.11 Å². The first-order valence-electron chi connectivity index (χ1n) is 9.32. The Morgan fingerprint density at radius 3 is 2.64 bits per heavy atom. The van der Waals surface area contributed by atoms with E-state index in [-0.39, 0.29) is 0 Å². The highest BCUT2D eigenvalue weighted by Gasteiger charge is 2.21. The van der Waals surface area contributed by atoms with Gasteiger partial charge >= 0.3 is 0 Å². The molecule has 4 heteroatoms. The normalized spacial score (nSPS) is 15.5. The minimum absolute atomic E-state index is 0.444. The van der Waals surface area contributed by atoms with E-state index < -0.39 is 6.10 Å². The van der Waals surface area contributed by atoms with E-state index >= 15 is 0 Å². The maximum atomic E-state index is 10.7. The maximum absolute atomic E-state index is 10.7. The molecule has 132 valence electrons. The Morgan fingerprint density at radius 1 is 1.08 bits per heavy atom. The lowest BCUT2D eigenvalue weighted by Crippen LogP contribution is -2.24. The summed E-state index contributed by atoms with van der Waals surface area (Å²) in [4.78, 5) is 0. The fraction of sp³-hybridized carbons (Fsp3) is 0.476. The Morgan fingerprint density at radius 2 is 1.88 bits per heavy atom. The number of aliphatic hydroxyl groups excluding tert-OH is 1. The smallest absolute Gasteiger partial charge is 0.0914 e. The van der Waals surface area contributed by atoms with Crippen molar-refractivity contribution >= 4 is 10.9 Å². The minimum Gasteiger partial charge on any atom is -0.389 e. The molecule has 4 nitrogen and oxygen atoms in total. The Bertz CT molecular complexity index is 919. The molecule has 0 spiro atoms. The van der Waals surface area contributed by atoms with Crippen molar-refractivity contribution in [3.05, 3.63) is 52.5 Å². The molecule has 0 saturated carbocycles. The van der Waals surface area contributed by atoms with Gasteiger partial charge in [0.2, 0.25) is 0 Å². The molecular formula is C21H27N3O. The maximum Gasteiger partial charge on any atom is 0.0914 e. The quantitative estimate of drug-likeness (QED) is 0.789. The molecule has 0 aliphatic heterocycles. The van der Waals surface area contributed by atoms with Crippen molar-refractivity contribution in [1.29, 1.82) is 0 Å². The van der Waals surface area contributed by atoms with Crippen LogP contribution in [-0.4, -0.2) is 25.6 Å². The summed E-state index contributed by atoms with van der Waals surface area (Å²) in [6.07, 6.45) is 4.36. The van der Waals surface area contributed by atoms with Crippen LogP contribution in [0.15, 0.2) is 24.3 Å². The fourth-order valence-electron chi connectivity index (χ4n) is 4.29. The van der Waals surface area contributed by atoms with E-state index in [1.165, 1.54) is 40.6 Å². The first-order valence-corrected chi connectivity index (χ1v) is 9.32. The molecule has 2 heterocycles. The minimum atomic E-state index is -0.444. The zero-order chi connectivity index (χ0) is 17.6. The summed E-state index contributed by atoms with van der Waals surface area (Å²) in [5, 5.41) is 16.6. The van der Waals surface area contributed by atoms with Gasteiger partial charge in [0.15, 0.2) is 0 Å². The van der Waals surface area contributed by atoms with E-state index in [0.717, 1.165) is 24.2 Å². The van der Waals surface area contributed by atoms with Crippen LogP contribution in [-0.2, 0) is 25.9 Å². The number of nitrogens with zero attached hydrogens (tertiary/aromatic N) is 3. The lowest BCUT2D eigenvalue weighted by Gasteiger charge is -2.19. The van der Waals surface area contributed by atoms with Crippen LogP contribution in [0.4, 0.5) is 0 Å². The number of aromatic nitrogens is 3. The topological polar surface area (TPSA) is 43.0 Å². The van der Waals surface area contributed by atoms with Gasteiger partial charge in [-0.1, -0.05) is 11.6 Å². The van der Waals surface area contributed by atoms with Crippen LogP contribution in [0.5, 0.6) is 0 Å². The molecule has 0 radical (unpaired) electrons. The van der Waals surface area contributed by atoms with Crippen LogP contribution >= 0.6 is 0 Å². The molecule has 4 rings (SSSR count). The van der Waals surface area contributed by atoms with Crippen LogP contribution in [0, 0.1) is 20.8 Å². The van der Waals surface area contributed by atoms with Crippen molar-refractivity contribution in [1.82, 2.24) is 14.3 Å². The van der Waals surface area contributed by atoms with Crippen molar-refractivity contribution in [3.8, 4) is 0 Å². The Labute approximate surface area is 149 Å². The number of fused-ring (bicyclic) bond motifs is 3. The van der Waals surface area contributed by atoms with Gasteiger partial charge in [-0.15, -0.1) is 0 Å². The monoisotopic (exact) mass is 337 g/mol. The third-order valence-electron chi connectivity index (χ3n) is 5.41. The second kappa shape index (κ2) is 6.34. The summed E-state index contributed by atoms with van der Waals surface area (Å²) < 4.78 is 4.28. The third-order valence-corrected chi connectivity index (χ3v) is 5.41. The standard InChI is InChI=1S/C21H27N3O/c1-14-8-9-21-19(10-14)18-6-4-5-7-20(18)23(21)12-17(25)13-24-16(3)11-15(2)22-24/h8-11,17,25H,4-7,12-13H2,1-3H3/t17-/m1/s1. The Balaban J connectivity index is 1.68. The van der Waals surface area contributed by atoms with Crippen LogP contribution in [0.3, 0.4) is 0 Å². The van der Waals surface area contributed by atoms with E-state index in [4.69, 9.17) is 0 Å². The number of hydrogen-bond donors (Lipinski definition) is 1. The van der Waals surface area contributed by atoms with Gasteiger partial charge in [0.25, 0.3) is 0 Å². The van der Waals surface area contributed by atoms with Gasteiger partial charge in [-0.2, -0.15) is 5.10 Å². The van der Waals surface area contributed by atoms with Gasteiger partial charge in [-0.05, 0) is 70.2 Å². The molecule has 0 bridgehead atoms. The molecule has 1 aliphatic carbocycles. The second-order valence-corrected chi connectivity index (χ2v) is 7.53. The molecule has 1 atom stereocenters. The first kappa shape index (κ1) is 16.4. The molecular weight excluding hydrogens is 310 g/mol. The zero-order valence-electron chi connectivity index (χ0n) is 15.4. The van der Waals surface area contributed by atoms with Gasteiger partial charge in [-0.25, -0.2) is 0 Å².